The Balaban J connectivity index is 2.16. The average Bonchev–Trinajstić information content (AvgIpc) is 2.92. The van der Waals surface area contributed by atoms with E-state index in [1.54, 1.807) is 23.5 Å². The summed E-state index contributed by atoms with van der Waals surface area (Å²) in [6, 6.07) is 9.51. The SMILES string of the molecule is CC(NC(c1cccs1)C(C)C)c1ccc(F)c(Cl)c1. The summed E-state index contributed by atoms with van der Waals surface area (Å²) in [5, 5.41) is 5.87. The molecule has 2 unspecified atom stereocenters. The summed E-state index contributed by atoms with van der Waals surface area (Å²) in [7, 11) is 0. The Morgan fingerprint density at radius 2 is 1.95 bits per heavy atom. The van der Waals surface area contributed by atoms with Crippen LogP contribution in [-0.4, -0.2) is 0 Å². The number of thiophene rings is 1. The third-order valence-electron chi connectivity index (χ3n) is 3.39. The number of benzene rings is 1. The summed E-state index contributed by atoms with van der Waals surface area (Å²) in [5.74, 6) is 0.105. The van der Waals surface area contributed by atoms with Crippen molar-refractivity contribution in [2.45, 2.75) is 32.9 Å². The zero-order valence-electron chi connectivity index (χ0n) is 11.9. The second kappa shape index (κ2) is 6.70. The lowest BCUT2D eigenvalue weighted by molar-refractivity contribution is 0.379. The largest absolute Gasteiger partial charge is 0.302 e. The number of rotatable bonds is 5. The van der Waals surface area contributed by atoms with E-state index in [-0.39, 0.29) is 22.9 Å². The second-order valence-corrected chi connectivity index (χ2v) is 6.69. The molecule has 0 bridgehead atoms. The van der Waals surface area contributed by atoms with Gasteiger partial charge >= 0.3 is 0 Å². The fourth-order valence-electron chi connectivity index (χ4n) is 2.22. The van der Waals surface area contributed by atoms with Gasteiger partial charge in [-0.15, -0.1) is 11.3 Å². The van der Waals surface area contributed by atoms with Gasteiger partial charge in [0.25, 0.3) is 0 Å². The average molecular weight is 312 g/mol. The Bertz CT molecular complexity index is 554. The molecule has 1 aromatic carbocycles. The number of nitrogens with one attached hydrogen (secondary N) is 1. The molecule has 1 nitrogen and oxygen atoms in total. The van der Waals surface area contributed by atoms with E-state index >= 15 is 0 Å². The molecule has 2 aromatic rings. The Kier molecular flexibility index (Phi) is 5.19. The van der Waals surface area contributed by atoms with Crippen molar-refractivity contribution in [1.29, 1.82) is 0 Å². The molecule has 0 saturated carbocycles. The Morgan fingerprint density at radius 3 is 2.50 bits per heavy atom. The van der Waals surface area contributed by atoms with Crippen molar-refractivity contribution in [2.24, 2.45) is 5.92 Å². The zero-order chi connectivity index (χ0) is 14.7. The normalized spacial score (nSPS) is 14.5. The van der Waals surface area contributed by atoms with Crippen LogP contribution in [0.25, 0.3) is 0 Å². The van der Waals surface area contributed by atoms with Gasteiger partial charge in [-0.25, -0.2) is 4.39 Å². The van der Waals surface area contributed by atoms with E-state index in [9.17, 15) is 4.39 Å². The van der Waals surface area contributed by atoms with Gasteiger partial charge < -0.3 is 5.32 Å². The van der Waals surface area contributed by atoms with Gasteiger partial charge in [-0.3, -0.25) is 0 Å². The van der Waals surface area contributed by atoms with Crippen LogP contribution >= 0.6 is 22.9 Å². The molecule has 0 spiro atoms. The Morgan fingerprint density at radius 1 is 1.20 bits per heavy atom. The van der Waals surface area contributed by atoms with E-state index in [1.165, 1.54) is 10.9 Å². The molecule has 1 aromatic heterocycles. The lowest BCUT2D eigenvalue weighted by Crippen LogP contribution is -2.27. The van der Waals surface area contributed by atoms with Crippen molar-refractivity contribution < 1.29 is 4.39 Å². The molecule has 108 valence electrons. The lowest BCUT2D eigenvalue weighted by atomic mass is 10.00. The molecular weight excluding hydrogens is 293 g/mol. The minimum absolute atomic E-state index is 0.114. The van der Waals surface area contributed by atoms with Crippen LogP contribution in [0.3, 0.4) is 0 Å². The van der Waals surface area contributed by atoms with Gasteiger partial charge in [-0.1, -0.05) is 37.6 Å². The van der Waals surface area contributed by atoms with Crippen molar-refractivity contribution in [1.82, 2.24) is 5.32 Å². The standard InChI is InChI=1S/C16H19ClFNS/c1-10(2)16(15-5-4-8-20-15)19-11(3)12-6-7-14(18)13(17)9-12/h4-11,16,19H,1-3H3. The van der Waals surface area contributed by atoms with Crippen LogP contribution in [0.5, 0.6) is 0 Å². The summed E-state index contributed by atoms with van der Waals surface area (Å²) in [5.41, 5.74) is 0.999. The molecule has 1 N–H and O–H groups in total. The molecule has 0 aliphatic heterocycles. The fraction of sp³-hybridized carbons (Fsp3) is 0.375. The summed E-state index contributed by atoms with van der Waals surface area (Å²) in [6.45, 7) is 6.47. The predicted molar refractivity (Wildman–Crippen MR) is 84.9 cm³/mol. The topological polar surface area (TPSA) is 12.0 Å². The van der Waals surface area contributed by atoms with Gasteiger partial charge in [-0.2, -0.15) is 0 Å². The molecule has 2 rings (SSSR count). The minimum atomic E-state index is -0.374. The number of halogens is 2. The van der Waals surface area contributed by atoms with Crippen LogP contribution in [0.1, 0.15) is 43.3 Å². The first-order valence-electron chi connectivity index (χ1n) is 6.73. The minimum Gasteiger partial charge on any atom is -0.302 e. The van der Waals surface area contributed by atoms with Gasteiger partial charge in [0.05, 0.1) is 5.02 Å². The highest BCUT2D eigenvalue weighted by atomic mass is 35.5. The highest BCUT2D eigenvalue weighted by Gasteiger charge is 2.20. The van der Waals surface area contributed by atoms with Gasteiger partial charge in [0.1, 0.15) is 5.82 Å². The first kappa shape index (κ1) is 15.5. The van der Waals surface area contributed by atoms with Crippen molar-refractivity contribution in [3.8, 4) is 0 Å². The summed E-state index contributed by atoms with van der Waals surface area (Å²) in [6.07, 6.45) is 0. The predicted octanol–water partition coefficient (Wildman–Crippen LogP) is 5.59. The number of hydrogen-bond acceptors (Lipinski definition) is 2. The summed E-state index contributed by atoms with van der Waals surface area (Å²) < 4.78 is 13.2. The first-order valence-corrected chi connectivity index (χ1v) is 7.99. The third kappa shape index (κ3) is 3.60. The van der Waals surface area contributed by atoms with E-state index in [1.807, 2.05) is 0 Å². The molecule has 0 fully saturated rings. The molecule has 2 atom stereocenters. The molecule has 0 amide bonds. The van der Waals surface area contributed by atoms with Crippen molar-refractivity contribution in [2.75, 3.05) is 0 Å². The fourth-order valence-corrected chi connectivity index (χ4v) is 3.37. The lowest BCUT2D eigenvalue weighted by Gasteiger charge is -2.26. The maximum Gasteiger partial charge on any atom is 0.141 e. The molecule has 0 aliphatic carbocycles. The summed E-state index contributed by atoms with van der Waals surface area (Å²) in [4.78, 5) is 1.32. The van der Waals surface area contributed by atoms with Gasteiger partial charge in [0.15, 0.2) is 0 Å². The number of hydrogen-bond donors (Lipinski definition) is 1. The quantitative estimate of drug-likeness (QED) is 0.759. The van der Waals surface area contributed by atoms with Crippen LogP contribution in [0.15, 0.2) is 35.7 Å². The van der Waals surface area contributed by atoms with Crippen molar-refractivity contribution >= 4 is 22.9 Å². The second-order valence-electron chi connectivity index (χ2n) is 5.30. The molecule has 0 aliphatic rings. The van der Waals surface area contributed by atoms with Crippen LogP contribution in [0.4, 0.5) is 4.39 Å². The van der Waals surface area contributed by atoms with Crippen molar-refractivity contribution in [3.05, 3.63) is 57.0 Å². The smallest absolute Gasteiger partial charge is 0.141 e. The van der Waals surface area contributed by atoms with E-state index in [0.29, 0.717) is 5.92 Å². The van der Waals surface area contributed by atoms with Crippen LogP contribution in [-0.2, 0) is 0 Å². The highest BCUT2D eigenvalue weighted by Crippen LogP contribution is 2.29. The molecule has 20 heavy (non-hydrogen) atoms. The maximum atomic E-state index is 13.2. The Hall–Kier alpha value is -0.900. The molecule has 0 saturated heterocycles. The maximum absolute atomic E-state index is 13.2. The van der Waals surface area contributed by atoms with Crippen LogP contribution < -0.4 is 5.32 Å². The molecular formula is C16H19ClFNS. The third-order valence-corrected chi connectivity index (χ3v) is 4.63. The Labute approximate surface area is 128 Å². The zero-order valence-corrected chi connectivity index (χ0v) is 13.4. The van der Waals surface area contributed by atoms with Crippen LogP contribution in [0.2, 0.25) is 5.02 Å². The highest BCUT2D eigenvalue weighted by molar-refractivity contribution is 7.10. The monoisotopic (exact) mass is 311 g/mol. The summed E-state index contributed by atoms with van der Waals surface area (Å²) >= 11 is 7.61. The van der Waals surface area contributed by atoms with Gasteiger partial charge in [-0.05, 0) is 42.0 Å². The van der Waals surface area contributed by atoms with Gasteiger partial charge in [0.2, 0.25) is 0 Å². The van der Waals surface area contributed by atoms with E-state index in [4.69, 9.17) is 11.6 Å². The van der Waals surface area contributed by atoms with E-state index in [0.717, 1.165) is 5.56 Å². The van der Waals surface area contributed by atoms with E-state index < -0.39 is 0 Å². The first-order chi connectivity index (χ1) is 9.49. The molecule has 0 radical (unpaired) electrons. The van der Waals surface area contributed by atoms with E-state index in [2.05, 4.69) is 43.6 Å². The van der Waals surface area contributed by atoms with Gasteiger partial charge in [0, 0.05) is 17.0 Å². The van der Waals surface area contributed by atoms with Crippen LogP contribution in [0, 0.1) is 11.7 Å². The van der Waals surface area contributed by atoms with Crippen molar-refractivity contribution in [3.63, 3.8) is 0 Å². The molecule has 4 heteroatoms. The molecule has 1 heterocycles.